The number of nitrogens with one attached hydrogen (secondary N) is 1. The van der Waals surface area contributed by atoms with E-state index in [9.17, 15) is 0 Å². The molecule has 7 rings (SSSR count). The Morgan fingerprint density at radius 2 is 1.33 bits per heavy atom. The normalized spacial score (nSPS) is 11.0. The zero-order valence-electron chi connectivity index (χ0n) is 25.3. The first kappa shape index (κ1) is 31.7. The van der Waals surface area contributed by atoms with Crippen LogP contribution in [0.3, 0.4) is 0 Å². The molecule has 6 aromatic heterocycles. The Labute approximate surface area is 284 Å². The van der Waals surface area contributed by atoms with Crippen molar-refractivity contribution in [3.63, 3.8) is 0 Å². The molecule has 0 unspecified atom stereocenters. The van der Waals surface area contributed by atoms with Crippen molar-refractivity contribution in [3.05, 3.63) is 105 Å². The number of anilines is 1. The minimum atomic E-state index is 0.497. The summed E-state index contributed by atoms with van der Waals surface area (Å²) in [5.74, 6) is 2.66. The maximum Gasteiger partial charge on any atom is 0.181 e. The monoisotopic (exact) mass is 685 g/mol. The van der Waals surface area contributed by atoms with Crippen LogP contribution in [0.4, 0.5) is 5.82 Å². The predicted molar refractivity (Wildman–Crippen MR) is 190 cm³/mol. The topological polar surface area (TPSA) is 98.6 Å². The molecule has 0 amide bonds. The number of nitrogens with zero attached hydrogens (tertiary/aromatic N) is 6. The quantitative estimate of drug-likeness (QED) is 0.158. The van der Waals surface area contributed by atoms with Crippen LogP contribution in [0.2, 0.25) is 10.2 Å². The van der Waals surface area contributed by atoms with Crippen LogP contribution in [0.1, 0.15) is 29.2 Å². The number of aromatic nitrogens is 6. The van der Waals surface area contributed by atoms with Crippen molar-refractivity contribution < 1.29 is 4.74 Å². The molecule has 0 saturated carbocycles. The van der Waals surface area contributed by atoms with E-state index in [1.807, 2.05) is 54.6 Å². The highest BCUT2D eigenvalue weighted by molar-refractivity contribution is 7.19. The first-order valence-electron chi connectivity index (χ1n) is 14.6. The fourth-order valence-corrected chi connectivity index (χ4v) is 7.11. The van der Waals surface area contributed by atoms with Gasteiger partial charge in [0.05, 0.1) is 17.5 Å². The van der Waals surface area contributed by atoms with Crippen molar-refractivity contribution in [2.45, 2.75) is 33.2 Å². The van der Waals surface area contributed by atoms with E-state index in [2.05, 4.69) is 51.2 Å². The zero-order chi connectivity index (χ0) is 32.0. The van der Waals surface area contributed by atoms with Gasteiger partial charge in [-0.15, -0.1) is 22.7 Å². The third kappa shape index (κ3) is 7.10. The molecule has 0 fully saturated rings. The molecule has 1 aromatic carbocycles. The lowest BCUT2D eigenvalue weighted by molar-refractivity contribution is 0.415. The molecule has 232 valence electrons. The van der Waals surface area contributed by atoms with Crippen LogP contribution >= 0.6 is 45.9 Å². The number of hydrogen-bond donors (Lipinski definition) is 1. The largest absolute Gasteiger partial charge is 0.495 e. The van der Waals surface area contributed by atoms with Crippen LogP contribution in [0.5, 0.6) is 5.75 Å². The van der Waals surface area contributed by atoms with E-state index in [4.69, 9.17) is 37.9 Å². The first-order chi connectivity index (χ1) is 22.4. The van der Waals surface area contributed by atoms with E-state index in [0.717, 1.165) is 56.0 Å². The van der Waals surface area contributed by atoms with Crippen LogP contribution in [0.25, 0.3) is 43.5 Å². The number of ether oxygens (including phenoxy) is 1. The molecule has 0 radical (unpaired) electrons. The summed E-state index contributed by atoms with van der Waals surface area (Å²) in [6.07, 6.45) is 5.42. The Balaban J connectivity index is 0.000000178. The van der Waals surface area contributed by atoms with Gasteiger partial charge in [-0.3, -0.25) is 9.97 Å². The Morgan fingerprint density at radius 3 is 1.89 bits per heavy atom. The smallest absolute Gasteiger partial charge is 0.181 e. The summed E-state index contributed by atoms with van der Waals surface area (Å²) in [4.78, 5) is 31.4. The minimum absolute atomic E-state index is 0.497. The highest BCUT2D eigenvalue weighted by Crippen LogP contribution is 2.33. The molecule has 0 saturated heterocycles. The lowest BCUT2D eigenvalue weighted by Gasteiger charge is -2.10. The fourth-order valence-electron chi connectivity index (χ4n) is 4.62. The molecule has 12 heteroatoms. The zero-order valence-corrected chi connectivity index (χ0v) is 28.4. The van der Waals surface area contributed by atoms with Gasteiger partial charge in [0.1, 0.15) is 37.8 Å². The fraction of sp³-hybridized carbons (Fsp3) is 0.176. The third-order valence-corrected chi connectivity index (χ3v) is 9.93. The number of benzene rings is 1. The van der Waals surface area contributed by atoms with Gasteiger partial charge in [-0.25, -0.2) is 19.9 Å². The average Bonchev–Trinajstić information content (AvgIpc) is 3.73. The van der Waals surface area contributed by atoms with Gasteiger partial charge in [0, 0.05) is 34.1 Å². The lowest BCUT2D eigenvalue weighted by Crippen LogP contribution is -2.04. The lowest BCUT2D eigenvalue weighted by atomic mass is 10.2. The molecule has 6 heterocycles. The molecule has 46 heavy (non-hydrogen) atoms. The summed E-state index contributed by atoms with van der Waals surface area (Å²) in [6, 6.07) is 21.4. The molecule has 0 aliphatic heterocycles. The summed E-state index contributed by atoms with van der Waals surface area (Å²) in [7, 11) is 1.61. The summed E-state index contributed by atoms with van der Waals surface area (Å²) in [5, 5.41) is 6.49. The van der Waals surface area contributed by atoms with Crippen molar-refractivity contribution >= 4 is 72.1 Å². The van der Waals surface area contributed by atoms with Crippen LogP contribution in [0, 0.1) is 0 Å². The molecule has 0 bridgehead atoms. The van der Waals surface area contributed by atoms with Crippen molar-refractivity contribution in [2.75, 3.05) is 12.4 Å². The van der Waals surface area contributed by atoms with Gasteiger partial charge in [-0.1, -0.05) is 55.2 Å². The molecule has 7 aromatic rings. The Morgan fingerprint density at radius 1 is 0.717 bits per heavy atom. The van der Waals surface area contributed by atoms with Gasteiger partial charge in [-0.2, -0.15) is 0 Å². The van der Waals surface area contributed by atoms with Gasteiger partial charge < -0.3 is 10.1 Å². The molecule has 1 N–H and O–H groups in total. The Bertz CT molecular complexity index is 2100. The first-order valence-corrected chi connectivity index (χ1v) is 17.0. The molecular formula is C34H29Cl2N7OS2. The standard InChI is InChI=1S/C21H19ClN4OS.C13H10ClN3S/c1-3-14-11-15-19(24-12-13-7-8-18(27-2)16(22)10-13)25-20(26-21(15)28-14)17-6-4-5-9-23-17;1-2-8-7-9-11(14)16-12(17-13(9)18-8)10-5-3-4-6-15-10/h4-11H,3,12H2,1-2H3,(H,24,25,26);3-7H,2H2,1H3. The number of pyridine rings is 2. The molecule has 0 atom stereocenters. The summed E-state index contributed by atoms with van der Waals surface area (Å²) >= 11 is 15.8. The summed E-state index contributed by atoms with van der Waals surface area (Å²) in [6.45, 7) is 4.85. The van der Waals surface area contributed by atoms with Gasteiger partial charge in [0.25, 0.3) is 0 Å². The highest BCUT2D eigenvalue weighted by atomic mass is 35.5. The number of halogens is 2. The number of methoxy groups -OCH3 is 1. The van der Waals surface area contributed by atoms with Crippen molar-refractivity contribution in [1.29, 1.82) is 0 Å². The van der Waals surface area contributed by atoms with Crippen molar-refractivity contribution in [3.8, 4) is 28.8 Å². The van der Waals surface area contributed by atoms with Crippen molar-refractivity contribution in [2.24, 2.45) is 0 Å². The number of hydrogen-bond acceptors (Lipinski definition) is 10. The Kier molecular flexibility index (Phi) is 9.99. The van der Waals surface area contributed by atoms with Crippen LogP contribution in [-0.2, 0) is 19.4 Å². The average molecular weight is 687 g/mol. The summed E-state index contributed by atoms with van der Waals surface area (Å²) < 4.78 is 5.22. The van der Waals surface area contributed by atoms with E-state index in [1.54, 1.807) is 42.2 Å². The van der Waals surface area contributed by atoms with Gasteiger partial charge in [0.2, 0.25) is 0 Å². The van der Waals surface area contributed by atoms with E-state index >= 15 is 0 Å². The SMILES string of the molecule is CCc1cc2c(Cl)nc(-c3ccccn3)nc2s1.CCc1cc2c(NCc3ccc(OC)c(Cl)c3)nc(-c3ccccn3)nc2s1. The molecule has 0 aliphatic carbocycles. The van der Waals surface area contributed by atoms with E-state index in [-0.39, 0.29) is 0 Å². The number of thiophene rings is 2. The second kappa shape index (κ2) is 14.5. The highest BCUT2D eigenvalue weighted by Gasteiger charge is 2.14. The maximum absolute atomic E-state index is 6.25. The number of fused-ring (bicyclic) bond motifs is 2. The van der Waals surface area contributed by atoms with Gasteiger partial charge >= 0.3 is 0 Å². The molecule has 0 aliphatic rings. The molecular weight excluding hydrogens is 657 g/mol. The van der Waals surface area contributed by atoms with Crippen LogP contribution in [0.15, 0.2) is 79.1 Å². The summed E-state index contributed by atoms with van der Waals surface area (Å²) in [5.41, 5.74) is 2.54. The minimum Gasteiger partial charge on any atom is -0.495 e. The Hall–Kier alpha value is -4.22. The van der Waals surface area contributed by atoms with Gasteiger partial charge in [-0.05, 0) is 66.9 Å². The predicted octanol–water partition coefficient (Wildman–Crippen LogP) is 9.56. The van der Waals surface area contributed by atoms with E-state index < -0.39 is 0 Å². The van der Waals surface area contributed by atoms with Crippen LogP contribution in [-0.4, -0.2) is 37.0 Å². The number of aryl methyl sites for hydroxylation is 2. The third-order valence-electron chi connectivity index (χ3n) is 7.00. The van der Waals surface area contributed by atoms with Crippen molar-refractivity contribution in [1.82, 2.24) is 29.9 Å². The van der Waals surface area contributed by atoms with Gasteiger partial charge in [0.15, 0.2) is 11.6 Å². The van der Waals surface area contributed by atoms with E-state index in [1.165, 1.54) is 9.75 Å². The molecule has 0 spiro atoms. The second-order valence-corrected chi connectivity index (χ2v) is 13.1. The number of rotatable bonds is 8. The molecule has 8 nitrogen and oxygen atoms in total. The maximum atomic E-state index is 6.25. The van der Waals surface area contributed by atoms with E-state index in [0.29, 0.717) is 34.1 Å². The van der Waals surface area contributed by atoms with Crippen LogP contribution < -0.4 is 10.1 Å². The second-order valence-electron chi connectivity index (χ2n) is 10.1.